The van der Waals surface area contributed by atoms with Gasteiger partial charge in [0.1, 0.15) is 0 Å². The summed E-state index contributed by atoms with van der Waals surface area (Å²) in [5.41, 5.74) is 0. The Bertz CT molecular complexity index is 595. The SMILES string of the molecule is CCNC(=NCCS(N)(=O)=O)N1CCN(C(C)C(=O)N2CCCC2)CC1. The van der Waals surface area contributed by atoms with Gasteiger partial charge in [-0.25, -0.2) is 13.6 Å². The van der Waals surface area contributed by atoms with Crippen LogP contribution in [0.1, 0.15) is 26.7 Å². The van der Waals surface area contributed by atoms with Gasteiger partial charge in [0.2, 0.25) is 15.9 Å². The Balaban J connectivity index is 1.87. The molecule has 1 amide bonds. The number of sulfonamides is 1. The van der Waals surface area contributed by atoms with Crippen molar-refractivity contribution in [2.45, 2.75) is 32.7 Å². The first-order valence-electron chi connectivity index (χ1n) is 9.38. The number of rotatable bonds is 6. The van der Waals surface area contributed by atoms with Crippen molar-refractivity contribution in [3.63, 3.8) is 0 Å². The van der Waals surface area contributed by atoms with Gasteiger partial charge >= 0.3 is 0 Å². The van der Waals surface area contributed by atoms with Crippen molar-refractivity contribution in [2.75, 3.05) is 58.1 Å². The number of hydrogen-bond acceptors (Lipinski definition) is 5. The van der Waals surface area contributed by atoms with Crippen LogP contribution < -0.4 is 10.5 Å². The summed E-state index contributed by atoms with van der Waals surface area (Å²) in [5.74, 6) is 0.766. The minimum atomic E-state index is -3.51. The van der Waals surface area contributed by atoms with E-state index in [0.717, 1.165) is 52.1 Å². The van der Waals surface area contributed by atoms with Gasteiger partial charge in [0.15, 0.2) is 5.96 Å². The van der Waals surface area contributed by atoms with Crippen molar-refractivity contribution in [3.05, 3.63) is 0 Å². The molecule has 1 unspecified atom stereocenters. The van der Waals surface area contributed by atoms with Crippen molar-refractivity contribution in [3.8, 4) is 0 Å². The molecule has 0 saturated carbocycles. The highest BCUT2D eigenvalue weighted by molar-refractivity contribution is 7.89. The lowest BCUT2D eigenvalue weighted by molar-refractivity contribution is -0.135. The van der Waals surface area contributed by atoms with Crippen LogP contribution in [-0.2, 0) is 14.8 Å². The van der Waals surface area contributed by atoms with Crippen molar-refractivity contribution < 1.29 is 13.2 Å². The Kier molecular flexibility index (Phi) is 7.66. The highest BCUT2D eigenvalue weighted by Gasteiger charge is 2.30. The molecule has 0 radical (unpaired) electrons. The van der Waals surface area contributed by atoms with Gasteiger partial charge in [-0.15, -0.1) is 0 Å². The van der Waals surface area contributed by atoms with E-state index in [1.54, 1.807) is 0 Å². The quantitative estimate of drug-likeness (QED) is 0.440. The average Bonchev–Trinajstić information content (AvgIpc) is 3.13. The van der Waals surface area contributed by atoms with Crippen LogP contribution in [0.3, 0.4) is 0 Å². The lowest BCUT2D eigenvalue weighted by Crippen LogP contribution is -2.57. The fraction of sp³-hybridized carbons (Fsp3) is 0.875. The predicted octanol–water partition coefficient (Wildman–Crippen LogP) is -1.13. The van der Waals surface area contributed by atoms with Crippen LogP contribution in [0.15, 0.2) is 4.99 Å². The largest absolute Gasteiger partial charge is 0.357 e. The first-order valence-corrected chi connectivity index (χ1v) is 11.1. The fourth-order valence-corrected chi connectivity index (χ4v) is 3.73. The Morgan fingerprint density at radius 1 is 1.12 bits per heavy atom. The van der Waals surface area contributed by atoms with E-state index in [1.165, 1.54) is 0 Å². The second-order valence-corrected chi connectivity index (χ2v) is 8.57. The molecule has 0 bridgehead atoms. The normalized spacial score (nSPS) is 21.1. The van der Waals surface area contributed by atoms with Gasteiger partial charge in [-0.2, -0.15) is 0 Å². The molecule has 2 fully saturated rings. The topological polar surface area (TPSA) is 111 Å². The molecule has 150 valence electrons. The molecule has 2 aliphatic rings. The number of nitrogens with one attached hydrogen (secondary N) is 1. The molecule has 2 heterocycles. The van der Waals surface area contributed by atoms with Crippen LogP contribution in [0.25, 0.3) is 0 Å². The summed E-state index contributed by atoms with van der Waals surface area (Å²) in [7, 11) is -3.51. The summed E-state index contributed by atoms with van der Waals surface area (Å²) in [6.45, 7) is 9.63. The molecule has 2 saturated heterocycles. The number of primary sulfonamides is 1. The van der Waals surface area contributed by atoms with E-state index in [-0.39, 0.29) is 24.2 Å². The maximum Gasteiger partial charge on any atom is 0.239 e. The third-order valence-electron chi connectivity index (χ3n) is 4.91. The predicted molar refractivity (Wildman–Crippen MR) is 102 cm³/mol. The molecular weight excluding hydrogens is 356 g/mol. The van der Waals surface area contributed by atoms with E-state index >= 15 is 0 Å². The van der Waals surface area contributed by atoms with Crippen molar-refractivity contribution >= 4 is 21.9 Å². The summed E-state index contributed by atoms with van der Waals surface area (Å²) >= 11 is 0. The van der Waals surface area contributed by atoms with E-state index < -0.39 is 10.0 Å². The highest BCUT2D eigenvalue weighted by atomic mass is 32.2. The first-order chi connectivity index (χ1) is 12.3. The van der Waals surface area contributed by atoms with Crippen molar-refractivity contribution in [2.24, 2.45) is 10.1 Å². The van der Waals surface area contributed by atoms with Crippen molar-refractivity contribution in [1.29, 1.82) is 0 Å². The molecule has 1 atom stereocenters. The summed E-state index contributed by atoms with van der Waals surface area (Å²) in [6, 6.07) is -0.0999. The van der Waals surface area contributed by atoms with Gasteiger partial charge in [-0.3, -0.25) is 14.7 Å². The molecule has 3 N–H and O–H groups in total. The van der Waals surface area contributed by atoms with Crippen molar-refractivity contribution in [1.82, 2.24) is 20.0 Å². The lowest BCUT2D eigenvalue weighted by atomic mass is 10.2. The van der Waals surface area contributed by atoms with E-state index in [0.29, 0.717) is 12.5 Å². The molecule has 9 nitrogen and oxygen atoms in total. The van der Waals surface area contributed by atoms with Gasteiger partial charge in [-0.05, 0) is 26.7 Å². The second kappa shape index (κ2) is 9.52. The molecule has 2 rings (SSSR count). The van der Waals surface area contributed by atoms with Gasteiger partial charge in [0.25, 0.3) is 0 Å². The van der Waals surface area contributed by atoms with Gasteiger partial charge in [0, 0.05) is 45.8 Å². The van der Waals surface area contributed by atoms with Crippen LogP contribution >= 0.6 is 0 Å². The summed E-state index contributed by atoms with van der Waals surface area (Å²) in [4.78, 5) is 23.2. The number of amides is 1. The number of piperazine rings is 1. The number of aliphatic imine (C=N–C) groups is 1. The van der Waals surface area contributed by atoms with E-state index in [4.69, 9.17) is 5.14 Å². The van der Waals surface area contributed by atoms with Gasteiger partial charge in [-0.1, -0.05) is 0 Å². The number of guanidine groups is 1. The number of nitrogens with two attached hydrogens (primary N) is 1. The summed E-state index contributed by atoms with van der Waals surface area (Å²) < 4.78 is 22.1. The standard InChI is InChI=1S/C16H32N6O3S/c1-3-18-16(19-6-13-26(17,24)25)22-11-9-20(10-12-22)14(2)15(23)21-7-4-5-8-21/h14H,3-13H2,1-2H3,(H,18,19)(H2,17,24,25). The van der Waals surface area contributed by atoms with E-state index in [9.17, 15) is 13.2 Å². The molecule has 2 aliphatic heterocycles. The third kappa shape index (κ3) is 6.10. The first kappa shape index (κ1) is 20.9. The fourth-order valence-electron chi connectivity index (χ4n) is 3.38. The molecule has 26 heavy (non-hydrogen) atoms. The Morgan fingerprint density at radius 3 is 2.27 bits per heavy atom. The van der Waals surface area contributed by atoms with E-state index in [1.807, 2.05) is 18.7 Å². The molecular formula is C16H32N6O3S. The molecule has 0 aliphatic carbocycles. The minimum Gasteiger partial charge on any atom is -0.357 e. The zero-order valence-corrected chi connectivity index (χ0v) is 16.7. The number of nitrogens with zero attached hydrogens (tertiary/aromatic N) is 4. The molecule has 0 aromatic carbocycles. The smallest absolute Gasteiger partial charge is 0.239 e. The number of carbonyl (C=O) groups excluding carboxylic acids is 1. The number of likely N-dealkylation sites (tertiary alicyclic amines) is 1. The summed E-state index contributed by atoms with van der Waals surface area (Å²) in [5, 5.41) is 8.23. The number of carbonyl (C=O) groups is 1. The summed E-state index contributed by atoms with van der Waals surface area (Å²) in [6.07, 6.45) is 2.21. The Morgan fingerprint density at radius 2 is 1.73 bits per heavy atom. The maximum absolute atomic E-state index is 12.6. The monoisotopic (exact) mass is 388 g/mol. The maximum atomic E-state index is 12.6. The molecule has 0 aromatic rings. The minimum absolute atomic E-state index is 0.0999. The van der Waals surface area contributed by atoms with E-state index in [2.05, 4.69) is 20.1 Å². The molecule has 0 aromatic heterocycles. The second-order valence-electron chi connectivity index (χ2n) is 6.83. The van der Waals surface area contributed by atoms with Crippen LogP contribution in [0.5, 0.6) is 0 Å². The van der Waals surface area contributed by atoms with Gasteiger partial charge < -0.3 is 15.1 Å². The highest BCUT2D eigenvalue weighted by Crippen LogP contribution is 2.14. The van der Waals surface area contributed by atoms with Crippen LogP contribution in [0.2, 0.25) is 0 Å². The molecule has 10 heteroatoms. The van der Waals surface area contributed by atoms with Crippen LogP contribution in [0.4, 0.5) is 0 Å². The zero-order chi connectivity index (χ0) is 19.2. The molecule has 0 spiro atoms. The Labute approximate surface area is 156 Å². The third-order valence-corrected chi connectivity index (χ3v) is 5.66. The number of hydrogen-bond donors (Lipinski definition) is 2. The zero-order valence-electron chi connectivity index (χ0n) is 15.9. The average molecular weight is 389 g/mol. The Hall–Kier alpha value is -1.39. The van der Waals surface area contributed by atoms with Crippen LogP contribution in [-0.4, -0.2) is 99.1 Å². The van der Waals surface area contributed by atoms with Crippen LogP contribution in [0, 0.1) is 0 Å². The van der Waals surface area contributed by atoms with Gasteiger partial charge in [0.05, 0.1) is 18.3 Å². The lowest BCUT2D eigenvalue weighted by Gasteiger charge is -2.39.